The van der Waals surface area contributed by atoms with Crippen molar-refractivity contribution < 1.29 is 0 Å². The maximum absolute atomic E-state index is 5.80. The molecule has 5 nitrogen and oxygen atoms in total. The summed E-state index contributed by atoms with van der Waals surface area (Å²) in [4.78, 5) is 9.52. The molecule has 1 atom stereocenters. The number of benzene rings is 2. The third-order valence-corrected chi connectivity index (χ3v) is 5.51. The van der Waals surface area contributed by atoms with E-state index in [4.69, 9.17) is 10.7 Å². The molecule has 154 valence electrons. The number of imidazole rings is 1. The summed E-state index contributed by atoms with van der Waals surface area (Å²) in [6.45, 7) is 3.50. The maximum Gasteiger partial charge on any atom is 0.128 e. The maximum atomic E-state index is 5.80. The van der Waals surface area contributed by atoms with Gasteiger partial charge in [0, 0.05) is 30.0 Å². The van der Waals surface area contributed by atoms with Crippen LogP contribution in [-0.4, -0.2) is 27.1 Å². The van der Waals surface area contributed by atoms with Gasteiger partial charge in [-0.05, 0) is 62.2 Å². The predicted molar refractivity (Wildman–Crippen MR) is 123 cm³/mol. The van der Waals surface area contributed by atoms with Crippen LogP contribution in [0.2, 0.25) is 0 Å². The molecule has 2 heterocycles. The fourth-order valence-electron chi connectivity index (χ4n) is 3.90. The van der Waals surface area contributed by atoms with E-state index in [1.54, 1.807) is 0 Å². The van der Waals surface area contributed by atoms with Gasteiger partial charge in [-0.2, -0.15) is 0 Å². The van der Waals surface area contributed by atoms with Crippen molar-refractivity contribution in [3.05, 3.63) is 90.0 Å². The number of nitrogens with two attached hydrogens (primary N) is 1. The molecule has 0 amide bonds. The molecule has 0 aliphatic heterocycles. The molecule has 3 N–H and O–H groups in total. The normalized spacial score (nSPS) is 12.3. The van der Waals surface area contributed by atoms with Crippen molar-refractivity contribution in [2.75, 3.05) is 6.54 Å². The van der Waals surface area contributed by atoms with Crippen LogP contribution in [-0.2, 0) is 13.0 Å². The van der Waals surface area contributed by atoms with Gasteiger partial charge in [0.15, 0.2) is 0 Å². The third-order valence-electron chi connectivity index (χ3n) is 5.51. The summed E-state index contributed by atoms with van der Waals surface area (Å²) in [5, 5.41) is 3.74. The summed E-state index contributed by atoms with van der Waals surface area (Å²) in [5.74, 6) is 1.01. The van der Waals surface area contributed by atoms with Crippen LogP contribution in [0.4, 0.5) is 0 Å². The Bertz CT molecular complexity index is 1090. The van der Waals surface area contributed by atoms with E-state index in [9.17, 15) is 0 Å². The van der Waals surface area contributed by atoms with Crippen molar-refractivity contribution in [1.29, 1.82) is 0 Å². The Hall–Kier alpha value is -3.02. The number of aromatic nitrogens is 3. The van der Waals surface area contributed by atoms with E-state index in [0.29, 0.717) is 19.1 Å². The summed E-state index contributed by atoms with van der Waals surface area (Å²) < 4.78 is 2.24. The molecule has 5 heteroatoms. The van der Waals surface area contributed by atoms with E-state index in [1.165, 1.54) is 5.56 Å². The molecule has 2 aromatic carbocycles. The molecule has 0 bridgehead atoms. The topological polar surface area (TPSA) is 68.8 Å². The molecule has 0 aliphatic rings. The number of hydrogen-bond acceptors (Lipinski definition) is 4. The van der Waals surface area contributed by atoms with E-state index in [0.717, 1.165) is 47.5 Å². The first kappa shape index (κ1) is 20.3. The fraction of sp³-hybridized carbons (Fsp3) is 0.280. The minimum Gasteiger partial charge on any atom is -0.330 e. The lowest BCUT2D eigenvalue weighted by atomic mass is 10.0. The second kappa shape index (κ2) is 9.65. The Kier molecular flexibility index (Phi) is 6.52. The molecular formula is C25H29N5. The average molecular weight is 400 g/mol. The summed E-state index contributed by atoms with van der Waals surface area (Å²) >= 11 is 0. The zero-order valence-corrected chi connectivity index (χ0v) is 17.5. The zero-order valence-electron chi connectivity index (χ0n) is 17.5. The molecule has 4 rings (SSSR count). The van der Waals surface area contributed by atoms with Gasteiger partial charge in [0.1, 0.15) is 5.82 Å². The summed E-state index contributed by atoms with van der Waals surface area (Å²) in [6.07, 6.45) is 4.76. The molecule has 2 aromatic heterocycles. The Labute approximate surface area is 178 Å². The molecule has 4 aromatic rings. The number of fused-ring (bicyclic) bond motifs is 1. The molecular weight excluding hydrogens is 370 g/mol. The van der Waals surface area contributed by atoms with Crippen molar-refractivity contribution in [3.8, 4) is 5.69 Å². The van der Waals surface area contributed by atoms with E-state index in [2.05, 4.69) is 70.3 Å². The summed E-state index contributed by atoms with van der Waals surface area (Å²) in [6, 6.07) is 23.1. The second-order valence-corrected chi connectivity index (χ2v) is 7.67. The van der Waals surface area contributed by atoms with Crippen LogP contribution in [0, 0.1) is 6.92 Å². The highest BCUT2D eigenvalue weighted by Gasteiger charge is 2.16. The Morgan fingerprint density at radius 1 is 1.00 bits per heavy atom. The van der Waals surface area contributed by atoms with Crippen molar-refractivity contribution in [1.82, 2.24) is 19.9 Å². The van der Waals surface area contributed by atoms with Gasteiger partial charge in [-0.3, -0.25) is 9.55 Å². The molecule has 0 aliphatic carbocycles. The van der Waals surface area contributed by atoms with Gasteiger partial charge in [0.25, 0.3) is 0 Å². The summed E-state index contributed by atoms with van der Waals surface area (Å²) in [5.41, 5.74) is 11.4. The Morgan fingerprint density at radius 2 is 1.80 bits per heavy atom. The predicted octanol–water partition coefficient (Wildman–Crippen LogP) is 4.17. The smallest absolute Gasteiger partial charge is 0.128 e. The van der Waals surface area contributed by atoms with Crippen LogP contribution < -0.4 is 11.1 Å². The molecule has 30 heavy (non-hydrogen) atoms. The first-order chi connectivity index (χ1) is 14.8. The number of nitrogens with zero attached hydrogens (tertiary/aromatic N) is 3. The first-order valence-corrected chi connectivity index (χ1v) is 10.6. The number of hydrogen-bond donors (Lipinski definition) is 2. The van der Waals surface area contributed by atoms with Crippen molar-refractivity contribution >= 4 is 11.0 Å². The van der Waals surface area contributed by atoms with E-state index in [-0.39, 0.29) is 0 Å². The van der Waals surface area contributed by atoms with Crippen molar-refractivity contribution in [3.63, 3.8) is 0 Å². The molecule has 0 saturated heterocycles. The minimum atomic E-state index is 0.297. The van der Waals surface area contributed by atoms with Crippen LogP contribution in [0.25, 0.3) is 16.7 Å². The highest BCUT2D eigenvalue weighted by molar-refractivity contribution is 5.78. The quantitative estimate of drug-likeness (QED) is 0.443. The van der Waals surface area contributed by atoms with Crippen molar-refractivity contribution in [2.45, 2.75) is 38.8 Å². The van der Waals surface area contributed by atoms with E-state index in [1.807, 2.05) is 24.4 Å². The standard InChI is InChI=1S/C25H29N5/c1-19-9-8-16-27-23(19)17-20(10-7-15-26)28-18-25-29-22-13-5-6-14-24(22)30(25)21-11-3-2-4-12-21/h2-6,8-9,11-14,16,20,28H,7,10,15,17-18,26H2,1H3. The van der Waals surface area contributed by atoms with Crippen LogP contribution in [0.1, 0.15) is 29.9 Å². The van der Waals surface area contributed by atoms with E-state index < -0.39 is 0 Å². The van der Waals surface area contributed by atoms with Crippen LogP contribution in [0.15, 0.2) is 72.9 Å². The SMILES string of the molecule is Cc1cccnc1CC(CCCN)NCc1nc2ccccc2n1-c1ccccc1. The lowest BCUT2D eigenvalue weighted by Crippen LogP contribution is -2.32. The summed E-state index contributed by atoms with van der Waals surface area (Å²) in [7, 11) is 0. The molecule has 0 fully saturated rings. The lowest BCUT2D eigenvalue weighted by molar-refractivity contribution is 0.454. The molecule has 0 spiro atoms. The number of rotatable bonds is 9. The monoisotopic (exact) mass is 399 g/mol. The average Bonchev–Trinajstić information content (AvgIpc) is 3.16. The second-order valence-electron chi connectivity index (χ2n) is 7.67. The van der Waals surface area contributed by atoms with Gasteiger partial charge in [-0.15, -0.1) is 0 Å². The number of aryl methyl sites for hydroxylation is 1. The van der Waals surface area contributed by atoms with Crippen molar-refractivity contribution in [2.24, 2.45) is 5.73 Å². The van der Waals surface area contributed by atoms with Gasteiger partial charge >= 0.3 is 0 Å². The van der Waals surface area contributed by atoms with Crippen LogP contribution in [0.5, 0.6) is 0 Å². The highest BCUT2D eigenvalue weighted by atomic mass is 15.1. The number of pyridine rings is 1. The van der Waals surface area contributed by atoms with Gasteiger partial charge in [0.2, 0.25) is 0 Å². The minimum absolute atomic E-state index is 0.297. The van der Waals surface area contributed by atoms with Gasteiger partial charge in [0.05, 0.1) is 17.6 Å². The molecule has 0 saturated carbocycles. The Morgan fingerprint density at radius 3 is 2.60 bits per heavy atom. The number of nitrogens with one attached hydrogen (secondary N) is 1. The van der Waals surface area contributed by atoms with E-state index >= 15 is 0 Å². The highest BCUT2D eigenvalue weighted by Crippen LogP contribution is 2.22. The third kappa shape index (κ3) is 4.58. The fourth-order valence-corrected chi connectivity index (χ4v) is 3.90. The van der Waals surface area contributed by atoms with Gasteiger partial charge in [-0.1, -0.05) is 36.4 Å². The molecule has 1 unspecified atom stereocenters. The first-order valence-electron chi connectivity index (χ1n) is 10.6. The largest absolute Gasteiger partial charge is 0.330 e. The molecule has 0 radical (unpaired) electrons. The van der Waals surface area contributed by atoms with Gasteiger partial charge in [-0.25, -0.2) is 4.98 Å². The number of para-hydroxylation sites is 3. The Balaban J connectivity index is 1.60. The van der Waals surface area contributed by atoms with Crippen LogP contribution >= 0.6 is 0 Å². The van der Waals surface area contributed by atoms with Crippen LogP contribution in [0.3, 0.4) is 0 Å². The lowest BCUT2D eigenvalue weighted by Gasteiger charge is -2.19. The zero-order chi connectivity index (χ0) is 20.8. The van der Waals surface area contributed by atoms with Gasteiger partial charge < -0.3 is 11.1 Å².